The van der Waals surface area contributed by atoms with Gasteiger partial charge in [-0.1, -0.05) is 39.7 Å². The van der Waals surface area contributed by atoms with Gasteiger partial charge in [-0.25, -0.2) is 4.98 Å². The number of rotatable bonds is 9. The van der Waals surface area contributed by atoms with E-state index in [1.54, 1.807) is 4.90 Å². The topological polar surface area (TPSA) is 51.7 Å². The number of ether oxygens (including phenoxy) is 2. The Morgan fingerprint density at radius 1 is 1.30 bits per heavy atom. The summed E-state index contributed by atoms with van der Waals surface area (Å²) in [5, 5.41) is 3.43. The lowest BCUT2D eigenvalue weighted by Crippen LogP contribution is -2.37. The van der Waals surface area contributed by atoms with Crippen molar-refractivity contribution in [1.29, 1.82) is 0 Å². The monoisotopic (exact) mass is 548 g/mol. The largest absolute Gasteiger partial charge is 0.494 e. The molecule has 1 saturated heterocycles. The molecule has 1 aliphatic rings. The fraction of sp³-hybridized carbons (Fsp3) is 0.360. The summed E-state index contributed by atoms with van der Waals surface area (Å²) in [7, 11) is 0. The summed E-state index contributed by atoms with van der Waals surface area (Å²) in [6.07, 6.45) is 3.05. The number of aryl methyl sites for hydroxylation is 1. The lowest BCUT2D eigenvalue weighted by molar-refractivity contribution is -0.119. The van der Waals surface area contributed by atoms with Crippen LogP contribution in [0.5, 0.6) is 5.75 Å². The molecule has 1 aromatic heterocycles. The van der Waals surface area contributed by atoms with Gasteiger partial charge in [-0.15, -0.1) is 11.3 Å². The average molecular weight is 550 g/mol. The SMILES string of the molecule is Cc1cc(OCCCC(=O)N(CC2CCCO2)c2nc(-c3ccc(Br)cc3)cs2)ccc1Cl. The second-order valence-corrected chi connectivity index (χ2v) is 10.2. The first-order valence-electron chi connectivity index (χ1n) is 11.0. The van der Waals surface area contributed by atoms with Crippen LogP contribution in [-0.2, 0) is 9.53 Å². The van der Waals surface area contributed by atoms with Crippen molar-refractivity contribution in [3.8, 4) is 17.0 Å². The highest BCUT2D eigenvalue weighted by Crippen LogP contribution is 2.30. The molecule has 0 N–H and O–H groups in total. The second-order valence-electron chi connectivity index (χ2n) is 8.02. The Bertz CT molecular complexity index is 1080. The van der Waals surface area contributed by atoms with Crippen LogP contribution in [0.15, 0.2) is 52.3 Å². The van der Waals surface area contributed by atoms with Gasteiger partial charge in [-0.05, 0) is 62.1 Å². The quantitative estimate of drug-likeness (QED) is 0.272. The fourth-order valence-electron chi connectivity index (χ4n) is 3.68. The minimum Gasteiger partial charge on any atom is -0.494 e. The number of thiazole rings is 1. The van der Waals surface area contributed by atoms with E-state index < -0.39 is 0 Å². The maximum atomic E-state index is 13.2. The van der Waals surface area contributed by atoms with Gasteiger partial charge in [0.2, 0.25) is 5.91 Å². The van der Waals surface area contributed by atoms with E-state index in [2.05, 4.69) is 15.9 Å². The number of nitrogens with zero attached hydrogens (tertiary/aromatic N) is 2. The third-order valence-corrected chi connectivity index (χ3v) is 7.32. The van der Waals surface area contributed by atoms with Crippen LogP contribution in [0.4, 0.5) is 5.13 Å². The third kappa shape index (κ3) is 6.57. The number of hydrogen-bond acceptors (Lipinski definition) is 5. The molecule has 2 aromatic carbocycles. The fourth-order valence-corrected chi connectivity index (χ4v) is 4.92. The first-order chi connectivity index (χ1) is 16.0. The molecule has 0 bridgehead atoms. The molecule has 5 nitrogen and oxygen atoms in total. The number of amides is 1. The summed E-state index contributed by atoms with van der Waals surface area (Å²) in [4.78, 5) is 19.8. The molecule has 1 amide bonds. The molecule has 0 radical (unpaired) electrons. The van der Waals surface area contributed by atoms with Gasteiger partial charge in [0.25, 0.3) is 0 Å². The van der Waals surface area contributed by atoms with E-state index in [-0.39, 0.29) is 12.0 Å². The second kappa shape index (κ2) is 11.5. The maximum absolute atomic E-state index is 13.2. The molecule has 174 valence electrons. The molecule has 1 aliphatic heterocycles. The Morgan fingerprint density at radius 2 is 2.12 bits per heavy atom. The Hall–Kier alpha value is -1.93. The first-order valence-corrected chi connectivity index (χ1v) is 13.1. The Morgan fingerprint density at radius 3 is 2.85 bits per heavy atom. The van der Waals surface area contributed by atoms with Crippen LogP contribution in [0.25, 0.3) is 11.3 Å². The van der Waals surface area contributed by atoms with Gasteiger partial charge in [-0.3, -0.25) is 9.69 Å². The molecule has 1 unspecified atom stereocenters. The van der Waals surface area contributed by atoms with E-state index in [0.29, 0.717) is 36.1 Å². The van der Waals surface area contributed by atoms with Gasteiger partial charge >= 0.3 is 0 Å². The lowest BCUT2D eigenvalue weighted by atomic mass is 10.2. The van der Waals surface area contributed by atoms with Crippen molar-refractivity contribution in [3.05, 3.63) is 62.9 Å². The Labute approximate surface area is 211 Å². The summed E-state index contributed by atoms with van der Waals surface area (Å²) in [5.41, 5.74) is 2.87. The number of carbonyl (C=O) groups is 1. The highest BCUT2D eigenvalue weighted by atomic mass is 79.9. The summed E-state index contributed by atoms with van der Waals surface area (Å²) >= 11 is 11.0. The van der Waals surface area contributed by atoms with Gasteiger partial charge in [-0.2, -0.15) is 0 Å². The molecule has 33 heavy (non-hydrogen) atoms. The summed E-state index contributed by atoms with van der Waals surface area (Å²) in [6, 6.07) is 13.6. The molecule has 0 spiro atoms. The van der Waals surface area contributed by atoms with E-state index in [1.165, 1.54) is 11.3 Å². The van der Waals surface area contributed by atoms with E-state index in [4.69, 9.17) is 26.1 Å². The Kier molecular flexibility index (Phi) is 8.41. The van der Waals surface area contributed by atoms with Crippen LogP contribution in [0.1, 0.15) is 31.2 Å². The van der Waals surface area contributed by atoms with Crippen LogP contribution in [-0.4, -0.2) is 36.8 Å². The van der Waals surface area contributed by atoms with Gasteiger partial charge in [0.15, 0.2) is 5.13 Å². The van der Waals surface area contributed by atoms with Crippen molar-refractivity contribution in [2.24, 2.45) is 0 Å². The van der Waals surface area contributed by atoms with Crippen LogP contribution < -0.4 is 9.64 Å². The number of halogens is 2. The molecule has 1 atom stereocenters. The standard InChI is InChI=1S/C25H26BrClN2O3S/c1-17-14-20(10-11-22(17)27)31-13-3-5-24(30)29(15-21-4-2-12-32-21)25-28-23(16-33-25)18-6-8-19(26)9-7-18/h6-11,14,16,21H,2-5,12-13,15H2,1H3. The molecule has 0 aliphatic carbocycles. The first kappa shape index (κ1) is 24.2. The minimum atomic E-state index is 0.0399. The highest BCUT2D eigenvalue weighted by Gasteiger charge is 2.25. The summed E-state index contributed by atoms with van der Waals surface area (Å²) in [5.74, 6) is 0.803. The van der Waals surface area contributed by atoms with Crippen LogP contribution in [0.2, 0.25) is 5.02 Å². The predicted molar refractivity (Wildman–Crippen MR) is 137 cm³/mol. The molecule has 4 rings (SSSR count). The molecule has 3 aromatic rings. The van der Waals surface area contributed by atoms with Crippen molar-refractivity contribution in [2.75, 3.05) is 24.7 Å². The number of carbonyl (C=O) groups excluding carboxylic acids is 1. The third-order valence-electron chi connectivity index (χ3n) is 5.51. The van der Waals surface area contributed by atoms with Crippen molar-refractivity contribution >= 4 is 49.9 Å². The molecule has 2 heterocycles. The lowest BCUT2D eigenvalue weighted by Gasteiger charge is -2.23. The molecule has 1 fully saturated rings. The number of aromatic nitrogens is 1. The van der Waals surface area contributed by atoms with E-state index in [1.807, 2.05) is 54.8 Å². The van der Waals surface area contributed by atoms with E-state index in [9.17, 15) is 4.79 Å². The van der Waals surface area contributed by atoms with E-state index in [0.717, 1.165) is 46.5 Å². The maximum Gasteiger partial charge on any atom is 0.228 e. The number of benzene rings is 2. The number of hydrogen-bond donors (Lipinski definition) is 0. The Balaban J connectivity index is 1.40. The highest BCUT2D eigenvalue weighted by molar-refractivity contribution is 9.10. The van der Waals surface area contributed by atoms with Gasteiger partial charge in [0.05, 0.1) is 24.9 Å². The predicted octanol–water partition coefficient (Wildman–Crippen LogP) is 6.91. The average Bonchev–Trinajstić information content (AvgIpc) is 3.50. The van der Waals surface area contributed by atoms with Crippen LogP contribution >= 0.6 is 38.9 Å². The zero-order chi connectivity index (χ0) is 23.2. The number of anilines is 1. The normalized spacial score (nSPS) is 15.5. The van der Waals surface area contributed by atoms with Gasteiger partial charge in [0.1, 0.15) is 5.75 Å². The van der Waals surface area contributed by atoms with Crippen molar-refractivity contribution < 1.29 is 14.3 Å². The summed E-state index contributed by atoms with van der Waals surface area (Å²) < 4.78 is 12.6. The molecule has 8 heteroatoms. The molecular formula is C25H26BrClN2O3S. The summed E-state index contributed by atoms with van der Waals surface area (Å²) in [6.45, 7) is 3.69. The van der Waals surface area contributed by atoms with Gasteiger partial charge < -0.3 is 9.47 Å². The molecular weight excluding hydrogens is 524 g/mol. The van der Waals surface area contributed by atoms with Crippen molar-refractivity contribution in [1.82, 2.24) is 4.98 Å². The zero-order valence-electron chi connectivity index (χ0n) is 18.4. The van der Waals surface area contributed by atoms with Gasteiger partial charge in [0, 0.05) is 33.5 Å². The van der Waals surface area contributed by atoms with E-state index >= 15 is 0 Å². The van der Waals surface area contributed by atoms with Crippen molar-refractivity contribution in [2.45, 2.75) is 38.7 Å². The minimum absolute atomic E-state index is 0.0399. The smallest absolute Gasteiger partial charge is 0.228 e. The van der Waals surface area contributed by atoms with Crippen LogP contribution in [0.3, 0.4) is 0 Å². The van der Waals surface area contributed by atoms with Crippen LogP contribution in [0, 0.1) is 6.92 Å². The molecule has 0 saturated carbocycles. The zero-order valence-corrected chi connectivity index (χ0v) is 21.6. The van der Waals surface area contributed by atoms with Crippen molar-refractivity contribution in [3.63, 3.8) is 0 Å².